The minimum absolute atomic E-state index is 0.0350. The Balaban J connectivity index is 2.01. The molecule has 3 heteroatoms. The summed E-state index contributed by atoms with van der Waals surface area (Å²) in [4.78, 5) is 1.09. The average Bonchev–Trinajstić information content (AvgIpc) is 2.46. The third-order valence-electron chi connectivity index (χ3n) is 3.04. The highest BCUT2D eigenvalue weighted by Gasteiger charge is 2.08. The van der Waals surface area contributed by atoms with Crippen LogP contribution in [0.3, 0.4) is 0 Å². The molecule has 0 saturated heterocycles. The van der Waals surface area contributed by atoms with Crippen molar-refractivity contribution in [2.45, 2.75) is 24.3 Å². The molecule has 0 radical (unpaired) electrons. The SMILES string of the molecule is CCc1cccc(C(N)CSc2ccccc2Cl)c1. The Hall–Kier alpha value is -0.960. The Morgan fingerprint density at radius 2 is 1.95 bits per heavy atom. The highest BCUT2D eigenvalue weighted by atomic mass is 35.5. The molecule has 2 N–H and O–H groups in total. The van der Waals surface area contributed by atoms with Gasteiger partial charge in [0, 0.05) is 16.7 Å². The molecule has 19 heavy (non-hydrogen) atoms. The third-order valence-corrected chi connectivity index (χ3v) is 4.68. The molecule has 0 aliphatic carbocycles. The zero-order valence-corrected chi connectivity index (χ0v) is 12.5. The lowest BCUT2D eigenvalue weighted by Gasteiger charge is -2.13. The highest BCUT2D eigenvalue weighted by molar-refractivity contribution is 7.99. The summed E-state index contributed by atoms with van der Waals surface area (Å²) in [5.74, 6) is 0.830. The number of nitrogens with two attached hydrogens (primary N) is 1. The van der Waals surface area contributed by atoms with Gasteiger partial charge >= 0.3 is 0 Å². The summed E-state index contributed by atoms with van der Waals surface area (Å²) in [5, 5.41) is 0.794. The molecular weight excluding hydrogens is 274 g/mol. The number of thioether (sulfide) groups is 1. The first-order chi connectivity index (χ1) is 9.20. The fourth-order valence-corrected chi connectivity index (χ4v) is 3.11. The maximum absolute atomic E-state index is 6.25. The number of aryl methyl sites for hydroxylation is 1. The van der Waals surface area contributed by atoms with Crippen LogP contribution in [-0.4, -0.2) is 5.75 Å². The van der Waals surface area contributed by atoms with Gasteiger partial charge in [-0.1, -0.05) is 54.9 Å². The fourth-order valence-electron chi connectivity index (χ4n) is 1.88. The first-order valence-electron chi connectivity index (χ1n) is 6.42. The largest absolute Gasteiger partial charge is 0.323 e. The molecule has 0 heterocycles. The van der Waals surface area contributed by atoms with Gasteiger partial charge in [0.15, 0.2) is 0 Å². The normalized spacial score (nSPS) is 12.4. The number of rotatable bonds is 5. The Bertz CT molecular complexity index is 542. The van der Waals surface area contributed by atoms with Crippen LogP contribution in [-0.2, 0) is 6.42 Å². The van der Waals surface area contributed by atoms with E-state index in [0.29, 0.717) is 0 Å². The summed E-state index contributed by atoms with van der Waals surface area (Å²) >= 11 is 7.85. The summed E-state index contributed by atoms with van der Waals surface area (Å²) in [5.41, 5.74) is 8.78. The number of hydrogen-bond acceptors (Lipinski definition) is 2. The molecule has 1 nitrogen and oxygen atoms in total. The van der Waals surface area contributed by atoms with Crippen molar-refractivity contribution in [1.29, 1.82) is 0 Å². The van der Waals surface area contributed by atoms with Crippen LogP contribution in [0.1, 0.15) is 24.1 Å². The summed E-state index contributed by atoms with van der Waals surface area (Å²) in [6.45, 7) is 2.16. The van der Waals surface area contributed by atoms with Crippen LogP contribution in [0.25, 0.3) is 0 Å². The Labute approximate surface area is 124 Å². The van der Waals surface area contributed by atoms with Crippen molar-refractivity contribution in [3.05, 3.63) is 64.7 Å². The van der Waals surface area contributed by atoms with Gasteiger partial charge in [0.05, 0.1) is 5.02 Å². The predicted molar refractivity (Wildman–Crippen MR) is 84.9 cm³/mol. The van der Waals surface area contributed by atoms with E-state index >= 15 is 0 Å². The standard InChI is InChI=1S/C16H18ClNS/c1-2-12-6-5-7-13(10-12)15(18)11-19-16-9-4-3-8-14(16)17/h3-10,15H,2,11,18H2,1H3. The van der Waals surface area contributed by atoms with Crippen LogP contribution in [0.15, 0.2) is 53.4 Å². The molecule has 0 aliphatic rings. The second-order valence-electron chi connectivity index (χ2n) is 4.45. The summed E-state index contributed by atoms with van der Waals surface area (Å²) in [7, 11) is 0. The zero-order chi connectivity index (χ0) is 13.7. The summed E-state index contributed by atoms with van der Waals surface area (Å²) in [6.07, 6.45) is 1.04. The molecule has 1 unspecified atom stereocenters. The molecule has 0 aromatic heterocycles. The molecule has 2 rings (SSSR count). The van der Waals surface area contributed by atoms with Crippen molar-refractivity contribution in [1.82, 2.24) is 0 Å². The van der Waals surface area contributed by atoms with Crippen LogP contribution in [0.5, 0.6) is 0 Å². The molecule has 0 saturated carbocycles. The van der Waals surface area contributed by atoms with Crippen molar-refractivity contribution < 1.29 is 0 Å². The molecule has 0 aliphatic heterocycles. The minimum Gasteiger partial charge on any atom is -0.323 e. The number of hydrogen-bond donors (Lipinski definition) is 1. The second-order valence-corrected chi connectivity index (χ2v) is 5.92. The van der Waals surface area contributed by atoms with E-state index in [4.69, 9.17) is 17.3 Å². The second kappa shape index (κ2) is 6.99. The van der Waals surface area contributed by atoms with Crippen LogP contribution < -0.4 is 5.73 Å². The maximum atomic E-state index is 6.25. The van der Waals surface area contributed by atoms with Gasteiger partial charge < -0.3 is 5.73 Å². The van der Waals surface area contributed by atoms with Crippen molar-refractivity contribution in [3.63, 3.8) is 0 Å². The van der Waals surface area contributed by atoms with Gasteiger partial charge in [-0.15, -0.1) is 11.8 Å². The van der Waals surface area contributed by atoms with Crippen molar-refractivity contribution >= 4 is 23.4 Å². The van der Waals surface area contributed by atoms with Gasteiger partial charge in [0.25, 0.3) is 0 Å². The van der Waals surface area contributed by atoms with Crippen molar-refractivity contribution in [3.8, 4) is 0 Å². The molecule has 0 spiro atoms. The van der Waals surface area contributed by atoms with E-state index < -0.39 is 0 Å². The van der Waals surface area contributed by atoms with Gasteiger partial charge in [-0.2, -0.15) is 0 Å². The molecule has 100 valence electrons. The van der Waals surface area contributed by atoms with E-state index in [0.717, 1.165) is 22.1 Å². The first-order valence-corrected chi connectivity index (χ1v) is 7.78. The van der Waals surface area contributed by atoms with Gasteiger partial charge in [-0.25, -0.2) is 0 Å². The lowest BCUT2D eigenvalue weighted by molar-refractivity contribution is 0.828. The monoisotopic (exact) mass is 291 g/mol. The van der Waals surface area contributed by atoms with Crippen LogP contribution >= 0.6 is 23.4 Å². The van der Waals surface area contributed by atoms with Crippen molar-refractivity contribution in [2.75, 3.05) is 5.75 Å². The van der Waals surface area contributed by atoms with Gasteiger partial charge in [-0.3, -0.25) is 0 Å². The van der Waals surface area contributed by atoms with Crippen LogP contribution in [0.4, 0.5) is 0 Å². The molecule has 0 amide bonds. The van der Waals surface area contributed by atoms with Gasteiger partial charge in [0.2, 0.25) is 0 Å². The van der Waals surface area contributed by atoms with E-state index in [1.54, 1.807) is 11.8 Å². The highest BCUT2D eigenvalue weighted by Crippen LogP contribution is 2.29. The molecule has 2 aromatic rings. The maximum Gasteiger partial charge on any atom is 0.0541 e. The van der Waals surface area contributed by atoms with Gasteiger partial charge in [0.1, 0.15) is 0 Å². The molecule has 0 fully saturated rings. The van der Waals surface area contributed by atoms with E-state index in [-0.39, 0.29) is 6.04 Å². The molecule has 2 aromatic carbocycles. The molecule has 0 bridgehead atoms. The minimum atomic E-state index is 0.0350. The van der Waals surface area contributed by atoms with Gasteiger partial charge in [-0.05, 0) is 29.7 Å². The molecular formula is C16H18ClNS. The zero-order valence-electron chi connectivity index (χ0n) is 11.0. The Morgan fingerprint density at radius 3 is 2.68 bits per heavy atom. The quantitative estimate of drug-likeness (QED) is 0.809. The van der Waals surface area contributed by atoms with Crippen LogP contribution in [0.2, 0.25) is 5.02 Å². The smallest absolute Gasteiger partial charge is 0.0541 e. The van der Waals surface area contributed by atoms with E-state index in [1.165, 1.54) is 11.1 Å². The molecule has 1 atom stereocenters. The average molecular weight is 292 g/mol. The summed E-state index contributed by atoms with van der Waals surface area (Å²) < 4.78 is 0. The van der Waals surface area contributed by atoms with E-state index in [2.05, 4.69) is 31.2 Å². The lowest BCUT2D eigenvalue weighted by atomic mass is 10.0. The predicted octanol–water partition coefficient (Wildman–Crippen LogP) is 4.69. The summed E-state index contributed by atoms with van der Waals surface area (Å²) in [6, 6.07) is 16.4. The van der Waals surface area contributed by atoms with E-state index in [1.807, 2.05) is 24.3 Å². The van der Waals surface area contributed by atoms with Crippen molar-refractivity contribution in [2.24, 2.45) is 5.73 Å². The fraction of sp³-hybridized carbons (Fsp3) is 0.250. The first kappa shape index (κ1) is 14.4. The Morgan fingerprint density at radius 1 is 1.16 bits per heavy atom. The number of halogens is 1. The lowest BCUT2D eigenvalue weighted by Crippen LogP contribution is -2.13. The third kappa shape index (κ3) is 4.00. The Kier molecular flexibility index (Phi) is 5.32. The van der Waals surface area contributed by atoms with E-state index in [9.17, 15) is 0 Å². The van der Waals surface area contributed by atoms with Crippen LogP contribution in [0, 0.1) is 0 Å². The topological polar surface area (TPSA) is 26.0 Å². The number of benzene rings is 2.